The zero-order valence-corrected chi connectivity index (χ0v) is 12.5. The Bertz CT molecular complexity index is 457. The average Bonchev–Trinajstić information content (AvgIpc) is 2.32. The largest absolute Gasteiger partial charge is 0.493 e. The molecule has 1 aromatic rings. The van der Waals surface area contributed by atoms with E-state index in [-0.39, 0.29) is 0 Å². The number of ether oxygens (including phenoxy) is 2. The second kappa shape index (κ2) is 6.09. The number of carbonyl (C=O) groups is 1. The standard InChI is InChI=1S/C13H17BrO4/c1-7(13(15)16)5-9-6-10(14)8(2)11(17-3)12(9)18-4/h6-7H,5H2,1-4H3,(H,15,16). The van der Waals surface area contributed by atoms with E-state index in [9.17, 15) is 4.79 Å². The fraction of sp³-hybridized carbons (Fsp3) is 0.462. The predicted molar refractivity (Wildman–Crippen MR) is 72.5 cm³/mol. The number of methoxy groups -OCH3 is 2. The van der Waals surface area contributed by atoms with Crippen LogP contribution in [0.3, 0.4) is 0 Å². The maximum Gasteiger partial charge on any atom is 0.306 e. The van der Waals surface area contributed by atoms with Crippen LogP contribution in [-0.2, 0) is 11.2 Å². The van der Waals surface area contributed by atoms with E-state index in [0.717, 1.165) is 15.6 Å². The second-order valence-corrected chi connectivity index (χ2v) is 5.01. The summed E-state index contributed by atoms with van der Waals surface area (Å²) in [5.74, 6) is -0.0586. The lowest BCUT2D eigenvalue weighted by Crippen LogP contribution is -2.13. The first-order valence-electron chi connectivity index (χ1n) is 5.55. The normalized spacial score (nSPS) is 12.1. The topological polar surface area (TPSA) is 55.8 Å². The van der Waals surface area contributed by atoms with Gasteiger partial charge in [0.1, 0.15) is 0 Å². The van der Waals surface area contributed by atoms with Crippen LogP contribution >= 0.6 is 15.9 Å². The summed E-state index contributed by atoms with van der Waals surface area (Å²) in [7, 11) is 3.13. The molecule has 0 aromatic heterocycles. The van der Waals surface area contributed by atoms with E-state index in [1.54, 1.807) is 21.1 Å². The zero-order chi connectivity index (χ0) is 13.9. The molecule has 0 saturated heterocycles. The van der Waals surface area contributed by atoms with Gasteiger partial charge in [-0.1, -0.05) is 22.9 Å². The molecule has 0 amide bonds. The van der Waals surface area contributed by atoms with E-state index in [0.29, 0.717) is 17.9 Å². The Kier molecular flexibility index (Phi) is 5.02. The molecular weight excluding hydrogens is 300 g/mol. The Balaban J connectivity index is 3.26. The minimum atomic E-state index is -0.826. The SMILES string of the molecule is COc1c(CC(C)C(=O)O)cc(Br)c(C)c1OC. The summed E-state index contributed by atoms with van der Waals surface area (Å²) in [5.41, 5.74) is 1.75. The number of benzene rings is 1. The van der Waals surface area contributed by atoms with Crippen molar-refractivity contribution in [3.8, 4) is 11.5 Å². The number of halogens is 1. The molecule has 18 heavy (non-hydrogen) atoms. The molecule has 0 aliphatic carbocycles. The molecule has 5 heteroatoms. The third-order valence-electron chi connectivity index (χ3n) is 2.85. The van der Waals surface area contributed by atoms with Gasteiger partial charge in [-0.05, 0) is 25.0 Å². The van der Waals surface area contributed by atoms with E-state index in [2.05, 4.69) is 15.9 Å². The molecule has 0 bridgehead atoms. The fourth-order valence-corrected chi connectivity index (χ4v) is 2.25. The first-order valence-corrected chi connectivity index (χ1v) is 6.34. The van der Waals surface area contributed by atoms with Gasteiger partial charge >= 0.3 is 5.97 Å². The molecule has 0 fully saturated rings. The summed E-state index contributed by atoms with van der Waals surface area (Å²) in [5, 5.41) is 8.97. The van der Waals surface area contributed by atoms with Crippen molar-refractivity contribution in [1.82, 2.24) is 0 Å². The zero-order valence-electron chi connectivity index (χ0n) is 10.9. The van der Waals surface area contributed by atoms with Gasteiger partial charge in [0.05, 0.1) is 20.1 Å². The predicted octanol–water partition coefficient (Wildman–Crippen LogP) is 3.04. The van der Waals surface area contributed by atoms with Gasteiger partial charge in [0, 0.05) is 10.0 Å². The maximum absolute atomic E-state index is 10.9. The Morgan fingerprint density at radius 3 is 2.39 bits per heavy atom. The van der Waals surface area contributed by atoms with Gasteiger partial charge in [0.25, 0.3) is 0 Å². The van der Waals surface area contributed by atoms with E-state index < -0.39 is 11.9 Å². The molecule has 0 saturated carbocycles. The lowest BCUT2D eigenvalue weighted by atomic mass is 9.98. The number of aliphatic carboxylic acids is 1. The minimum absolute atomic E-state index is 0.397. The van der Waals surface area contributed by atoms with Gasteiger partial charge in [-0.15, -0.1) is 0 Å². The number of rotatable bonds is 5. The molecule has 0 aliphatic rings. The third-order valence-corrected chi connectivity index (χ3v) is 3.68. The van der Waals surface area contributed by atoms with Crippen molar-refractivity contribution in [2.75, 3.05) is 14.2 Å². The van der Waals surface area contributed by atoms with Crippen LogP contribution in [0.2, 0.25) is 0 Å². The smallest absolute Gasteiger partial charge is 0.306 e. The van der Waals surface area contributed by atoms with Crippen molar-refractivity contribution >= 4 is 21.9 Å². The van der Waals surface area contributed by atoms with Crippen molar-refractivity contribution in [2.45, 2.75) is 20.3 Å². The van der Waals surface area contributed by atoms with Gasteiger partial charge in [0.15, 0.2) is 11.5 Å². The molecular formula is C13H17BrO4. The lowest BCUT2D eigenvalue weighted by molar-refractivity contribution is -0.141. The molecule has 0 radical (unpaired) electrons. The average molecular weight is 317 g/mol. The summed E-state index contributed by atoms with van der Waals surface area (Å²) in [6.07, 6.45) is 0.397. The van der Waals surface area contributed by atoms with Crippen LogP contribution in [0, 0.1) is 12.8 Å². The third kappa shape index (κ3) is 2.96. The van der Waals surface area contributed by atoms with Crippen LogP contribution in [0.15, 0.2) is 10.5 Å². The first-order chi connectivity index (χ1) is 8.42. The number of hydrogen-bond acceptors (Lipinski definition) is 3. The molecule has 1 unspecified atom stereocenters. The highest BCUT2D eigenvalue weighted by Gasteiger charge is 2.20. The molecule has 100 valence electrons. The van der Waals surface area contributed by atoms with Gasteiger partial charge in [-0.2, -0.15) is 0 Å². The van der Waals surface area contributed by atoms with Gasteiger partial charge < -0.3 is 14.6 Å². The Morgan fingerprint density at radius 1 is 1.39 bits per heavy atom. The van der Waals surface area contributed by atoms with Gasteiger partial charge in [0.2, 0.25) is 0 Å². The summed E-state index contributed by atoms with van der Waals surface area (Å²) in [6.45, 7) is 3.58. The van der Waals surface area contributed by atoms with Crippen LogP contribution in [0.25, 0.3) is 0 Å². The number of hydrogen-bond donors (Lipinski definition) is 1. The summed E-state index contributed by atoms with van der Waals surface area (Å²) < 4.78 is 11.6. The summed E-state index contributed by atoms with van der Waals surface area (Å²) >= 11 is 3.45. The Labute approximate surface area is 115 Å². The Hall–Kier alpha value is -1.23. The fourth-order valence-electron chi connectivity index (χ4n) is 1.79. The molecule has 1 aromatic carbocycles. The van der Waals surface area contributed by atoms with Gasteiger partial charge in [-0.3, -0.25) is 4.79 Å². The lowest BCUT2D eigenvalue weighted by Gasteiger charge is -2.17. The quantitative estimate of drug-likeness (QED) is 0.907. The molecule has 1 N–H and O–H groups in total. The highest BCUT2D eigenvalue weighted by molar-refractivity contribution is 9.10. The monoisotopic (exact) mass is 316 g/mol. The van der Waals surface area contributed by atoms with Crippen LogP contribution < -0.4 is 9.47 Å². The second-order valence-electron chi connectivity index (χ2n) is 4.15. The highest BCUT2D eigenvalue weighted by Crippen LogP contribution is 2.39. The van der Waals surface area contributed by atoms with Crippen molar-refractivity contribution in [2.24, 2.45) is 5.92 Å². The number of carboxylic acid groups (broad SMARTS) is 1. The van der Waals surface area contributed by atoms with Crippen LogP contribution in [-0.4, -0.2) is 25.3 Å². The van der Waals surface area contributed by atoms with E-state index in [4.69, 9.17) is 14.6 Å². The maximum atomic E-state index is 10.9. The number of carboxylic acids is 1. The molecule has 4 nitrogen and oxygen atoms in total. The minimum Gasteiger partial charge on any atom is -0.493 e. The van der Waals surface area contributed by atoms with Crippen molar-refractivity contribution in [1.29, 1.82) is 0 Å². The van der Waals surface area contributed by atoms with Crippen molar-refractivity contribution < 1.29 is 19.4 Å². The Morgan fingerprint density at radius 2 is 1.94 bits per heavy atom. The highest BCUT2D eigenvalue weighted by atomic mass is 79.9. The molecule has 1 rings (SSSR count). The molecule has 0 heterocycles. The van der Waals surface area contributed by atoms with Gasteiger partial charge in [-0.25, -0.2) is 0 Å². The molecule has 0 spiro atoms. The molecule has 1 atom stereocenters. The summed E-state index contributed by atoms with van der Waals surface area (Å²) in [4.78, 5) is 10.9. The summed E-state index contributed by atoms with van der Waals surface area (Å²) in [6, 6.07) is 1.89. The van der Waals surface area contributed by atoms with E-state index in [1.807, 2.05) is 13.0 Å². The first kappa shape index (κ1) is 14.8. The molecule has 0 aliphatic heterocycles. The van der Waals surface area contributed by atoms with Crippen LogP contribution in [0.5, 0.6) is 11.5 Å². The van der Waals surface area contributed by atoms with Crippen LogP contribution in [0.1, 0.15) is 18.1 Å². The van der Waals surface area contributed by atoms with E-state index in [1.165, 1.54) is 0 Å². The van der Waals surface area contributed by atoms with Crippen molar-refractivity contribution in [3.63, 3.8) is 0 Å². The van der Waals surface area contributed by atoms with Crippen LogP contribution in [0.4, 0.5) is 0 Å². The van der Waals surface area contributed by atoms with E-state index >= 15 is 0 Å². The van der Waals surface area contributed by atoms with Crippen molar-refractivity contribution in [3.05, 3.63) is 21.7 Å².